The van der Waals surface area contributed by atoms with Gasteiger partial charge in [-0.3, -0.25) is 0 Å². The summed E-state index contributed by atoms with van der Waals surface area (Å²) in [7, 11) is 0. The summed E-state index contributed by atoms with van der Waals surface area (Å²) < 4.78 is 17.2. The van der Waals surface area contributed by atoms with E-state index in [1.165, 1.54) is 5.69 Å². The number of ether oxygens (including phenoxy) is 3. The molecule has 0 unspecified atom stereocenters. The molecule has 2 amide bonds. The fourth-order valence-electron chi connectivity index (χ4n) is 3.47. The monoisotopic (exact) mass is 413 g/mol. The fraction of sp³-hybridized carbons (Fsp3) is 0.435. The first-order chi connectivity index (χ1) is 14.7. The molecule has 2 aromatic carbocycles. The molecule has 1 aliphatic rings. The Morgan fingerprint density at radius 3 is 1.97 bits per heavy atom. The molecular formula is C23H31N3O4. The summed E-state index contributed by atoms with van der Waals surface area (Å²) in [5.41, 5.74) is 1.81. The molecule has 1 heterocycles. The maximum Gasteiger partial charge on any atom is 0.321 e. The Morgan fingerprint density at radius 1 is 0.867 bits per heavy atom. The van der Waals surface area contributed by atoms with E-state index in [4.69, 9.17) is 14.2 Å². The van der Waals surface area contributed by atoms with Crippen LogP contribution in [0.1, 0.15) is 20.8 Å². The van der Waals surface area contributed by atoms with E-state index >= 15 is 0 Å². The van der Waals surface area contributed by atoms with Crippen molar-refractivity contribution < 1.29 is 19.0 Å². The molecule has 1 aliphatic heterocycles. The zero-order chi connectivity index (χ0) is 21.3. The molecule has 162 valence electrons. The number of urea groups is 1. The van der Waals surface area contributed by atoms with E-state index in [2.05, 4.69) is 22.3 Å². The zero-order valence-electron chi connectivity index (χ0n) is 18.0. The first-order valence-electron chi connectivity index (χ1n) is 10.6. The summed E-state index contributed by atoms with van der Waals surface area (Å²) >= 11 is 0. The van der Waals surface area contributed by atoms with Gasteiger partial charge in [0.1, 0.15) is 0 Å². The van der Waals surface area contributed by atoms with E-state index < -0.39 is 0 Å². The third-order valence-electron chi connectivity index (χ3n) is 4.85. The third-order valence-corrected chi connectivity index (χ3v) is 4.85. The summed E-state index contributed by atoms with van der Waals surface area (Å²) in [4.78, 5) is 17.0. The van der Waals surface area contributed by atoms with Crippen molar-refractivity contribution in [1.29, 1.82) is 0 Å². The number of nitrogens with one attached hydrogen (secondary N) is 1. The number of benzene rings is 2. The summed E-state index contributed by atoms with van der Waals surface area (Å²) in [5, 5.41) is 2.99. The largest absolute Gasteiger partial charge is 0.490 e. The minimum absolute atomic E-state index is 0.128. The van der Waals surface area contributed by atoms with Gasteiger partial charge in [0, 0.05) is 44.0 Å². The van der Waals surface area contributed by atoms with Crippen LogP contribution >= 0.6 is 0 Å². The number of carbonyl (C=O) groups excluding carboxylic acids is 1. The molecule has 0 spiro atoms. The molecule has 0 atom stereocenters. The number of hydrogen-bond acceptors (Lipinski definition) is 5. The second-order valence-electron chi connectivity index (χ2n) is 6.84. The smallest absolute Gasteiger partial charge is 0.321 e. The van der Waals surface area contributed by atoms with Gasteiger partial charge in [-0.1, -0.05) is 18.2 Å². The summed E-state index contributed by atoms with van der Waals surface area (Å²) in [6.45, 7) is 10.1. The number of nitrogens with zero attached hydrogens (tertiary/aromatic N) is 2. The SMILES string of the molecule is CCOc1cc(NC(=O)N2CCN(c3ccccc3)CC2)cc(OCC)c1OCC. The van der Waals surface area contributed by atoms with E-state index in [-0.39, 0.29) is 6.03 Å². The van der Waals surface area contributed by atoms with Gasteiger partial charge in [0.15, 0.2) is 11.5 Å². The van der Waals surface area contributed by atoms with Crippen LogP contribution in [0.25, 0.3) is 0 Å². The number of anilines is 2. The Kier molecular flexibility index (Phi) is 7.65. The first kappa shape index (κ1) is 21.6. The molecule has 1 N–H and O–H groups in total. The van der Waals surface area contributed by atoms with Crippen LogP contribution in [0, 0.1) is 0 Å². The number of amides is 2. The molecule has 0 saturated carbocycles. The lowest BCUT2D eigenvalue weighted by Crippen LogP contribution is -2.50. The van der Waals surface area contributed by atoms with Crippen molar-refractivity contribution in [2.75, 3.05) is 56.2 Å². The topological polar surface area (TPSA) is 63.3 Å². The lowest BCUT2D eigenvalue weighted by Gasteiger charge is -2.36. The molecule has 1 saturated heterocycles. The van der Waals surface area contributed by atoms with E-state index in [0.29, 0.717) is 55.8 Å². The standard InChI is InChI=1S/C23H31N3O4/c1-4-28-20-16-18(17-21(29-5-2)22(20)30-6-3)24-23(27)26-14-12-25(13-15-26)19-10-8-7-9-11-19/h7-11,16-17H,4-6,12-15H2,1-3H3,(H,24,27). The second kappa shape index (κ2) is 10.6. The molecule has 1 fully saturated rings. The molecular weight excluding hydrogens is 382 g/mol. The number of carbonyl (C=O) groups is 1. The van der Waals surface area contributed by atoms with Gasteiger partial charge >= 0.3 is 6.03 Å². The third kappa shape index (κ3) is 5.28. The molecule has 7 heteroatoms. The maximum absolute atomic E-state index is 12.8. The highest BCUT2D eigenvalue weighted by Gasteiger charge is 2.22. The lowest BCUT2D eigenvalue weighted by atomic mass is 10.2. The Balaban J connectivity index is 1.68. The van der Waals surface area contributed by atoms with Crippen LogP contribution in [0.2, 0.25) is 0 Å². The van der Waals surface area contributed by atoms with Gasteiger partial charge in [0.2, 0.25) is 5.75 Å². The van der Waals surface area contributed by atoms with Crippen molar-refractivity contribution >= 4 is 17.4 Å². The number of hydrogen-bond donors (Lipinski definition) is 1. The van der Waals surface area contributed by atoms with Crippen LogP contribution < -0.4 is 24.4 Å². The summed E-state index contributed by atoms with van der Waals surface area (Å²) in [6, 6.07) is 13.7. The van der Waals surface area contributed by atoms with Crippen molar-refractivity contribution in [2.45, 2.75) is 20.8 Å². The average molecular weight is 414 g/mol. The van der Waals surface area contributed by atoms with E-state index in [1.807, 2.05) is 43.9 Å². The first-order valence-corrected chi connectivity index (χ1v) is 10.6. The molecule has 0 radical (unpaired) electrons. The number of para-hydroxylation sites is 1. The van der Waals surface area contributed by atoms with Crippen LogP contribution in [0.15, 0.2) is 42.5 Å². The molecule has 0 aromatic heterocycles. The summed E-state index contributed by atoms with van der Waals surface area (Å²) in [5.74, 6) is 1.69. The lowest BCUT2D eigenvalue weighted by molar-refractivity contribution is 0.208. The van der Waals surface area contributed by atoms with Crippen molar-refractivity contribution in [2.24, 2.45) is 0 Å². The van der Waals surface area contributed by atoms with Crippen molar-refractivity contribution in [3.8, 4) is 17.2 Å². The minimum Gasteiger partial charge on any atom is -0.490 e. The average Bonchev–Trinajstić information content (AvgIpc) is 2.77. The van der Waals surface area contributed by atoms with E-state index in [0.717, 1.165) is 13.1 Å². The van der Waals surface area contributed by atoms with Crippen molar-refractivity contribution in [3.05, 3.63) is 42.5 Å². The van der Waals surface area contributed by atoms with Gasteiger partial charge in [-0.05, 0) is 32.9 Å². The van der Waals surface area contributed by atoms with Gasteiger partial charge in [0.25, 0.3) is 0 Å². The van der Waals surface area contributed by atoms with E-state index in [9.17, 15) is 4.79 Å². The fourth-order valence-corrected chi connectivity index (χ4v) is 3.47. The predicted molar refractivity (Wildman–Crippen MR) is 119 cm³/mol. The Bertz CT molecular complexity index is 793. The molecule has 3 rings (SSSR count). The van der Waals surface area contributed by atoms with Gasteiger partial charge < -0.3 is 29.3 Å². The van der Waals surface area contributed by atoms with Crippen LogP contribution in [-0.4, -0.2) is 56.9 Å². The zero-order valence-corrected chi connectivity index (χ0v) is 18.0. The molecule has 7 nitrogen and oxygen atoms in total. The van der Waals surface area contributed by atoms with Crippen LogP contribution in [0.4, 0.5) is 16.2 Å². The second-order valence-corrected chi connectivity index (χ2v) is 6.84. The highest BCUT2D eigenvalue weighted by atomic mass is 16.5. The Morgan fingerprint density at radius 2 is 1.43 bits per heavy atom. The van der Waals surface area contributed by atoms with E-state index in [1.54, 1.807) is 12.1 Å². The van der Waals surface area contributed by atoms with Crippen molar-refractivity contribution in [3.63, 3.8) is 0 Å². The predicted octanol–water partition coefficient (Wildman–Crippen LogP) is 4.24. The quantitative estimate of drug-likeness (QED) is 0.701. The minimum atomic E-state index is -0.128. The maximum atomic E-state index is 12.8. The van der Waals surface area contributed by atoms with Gasteiger partial charge in [-0.25, -0.2) is 4.79 Å². The van der Waals surface area contributed by atoms with Crippen LogP contribution in [0.5, 0.6) is 17.2 Å². The van der Waals surface area contributed by atoms with Gasteiger partial charge in [-0.15, -0.1) is 0 Å². The normalized spacial score (nSPS) is 13.7. The van der Waals surface area contributed by atoms with Gasteiger partial charge in [-0.2, -0.15) is 0 Å². The highest BCUT2D eigenvalue weighted by Crippen LogP contribution is 2.40. The highest BCUT2D eigenvalue weighted by molar-refractivity contribution is 5.90. The van der Waals surface area contributed by atoms with Crippen LogP contribution in [0.3, 0.4) is 0 Å². The number of rotatable bonds is 8. The van der Waals surface area contributed by atoms with Crippen molar-refractivity contribution in [1.82, 2.24) is 4.90 Å². The molecule has 2 aromatic rings. The summed E-state index contributed by atoms with van der Waals surface area (Å²) in [6.07, 6.45) is 0. The Labute approximate surface area is 178 Å². The Hall–Kier alpha value is -3.09. The molecule has 0 aliphatic carbocycles. The van der Waals surface area contributed by atoms with Crippen LogP contribution in [-0.2, 0) is 0 Å². The van der Waals surface area contributed by atoms with Gasteiger partial charge in [0.05, 0.1) is 25.5 Å². The molecule has 30 heavy (non-hydrogen) atoms. The number of piperazine rings is 1. The molecule has 0 bridgehead atoms.